The molecule has 7 nitrogen and oxygen atoms in total. The maximum atomic E-state index is 12.8. The third-order valence-electron chi connectivity index (χ3n) is 6.97. The number of hydrogen-bond acceptors (Lipinski definition) is 5. The summed E-state index contributed by atoms with van der Waals surface area (Å²) in [6.07, 6.45) is 4.48. The quantitative estimate of drug-likeness (QED) is 0.746. The van der Waals surface area contributed by atoms with Gasteiger partial charge in [0.1, 0.15) is 6.04 Å². The van der Waals surface area contributed by atoms with Crippen LogP contribution in [0.4, 0.5) is 0 Å². The summed E-state index contributed by atoms with van der Waals surface area (Å²) in [5.41, 5.74) is 2.91. The molecule has 3 amide bonds. The van der Waals surface area contributed by atoms with Crippen LogP contribution in [0.25, 0.3) is 0 Å². The number of carbonyl (C=O) groups is 3. The Morgan fingerprint density at radius 1 is 1.10 bits per heavy atom. The Morgan fingerprint density at radius 3 is 2.86 bits per heavy atom. The van der Waals surface area contributed by atoms with Gasteiger partial charge in [-0.1, -0.05) is 12.1 Å². The number of fused-ring (bicyclic) bond motifs is 2. The van der Waals surface area contributed by atoms with Crippen molar-refractivity contribution in [2.75, 3.05) is 19.6 Å². The fourth-order valence-electron chi connectivity index (χ4n) is 5.45. The minimum atomic E-state index is -0.547. The lowest BCUT2D eigenvalue weighted by Gasteiger charge is -2.41. The molecule has 0 aromatic heterocycles. The van der Waals surface area contributed by atoms with E-state index in [1.807, 2.05) is 6.07 Å². The number of nitrogens with one attached hydrogen (secondary N) is 2. The molecule has 0 aliphatic carbocycles. The molecule has 4 heterocycles. The Morgan fingerprint density at radius 2 is 2.00 bits per heavy atom. The third kappa shape index (κ3) is 3.57. The summed E-state index contributed by atoms with van der Waals surface area (Å²) >= 11 is 0. The van der Waals surface area contributed by atoms with Crippen LogP contribution < -0.4 is 10.6 Å². The van der Waals surface area contributed by atoms with E-state index < -0.39 is 6.04 Å². The predicted molar refractivity (Wildman–Crippen MR) is 107 cm³/mol. The van der Waals surface area contributed by atoms with E-state index >= 15 is 0 Å². The van der Waals surface area contributed by atoms with Gasteiger partial charge in [0, 0.05) is 37.7 Å². The molecule has 3 saturated heterocycles. The highest BCUT2D eigenvalue weighted by molar-refractivity contribution is 6.05. The number of nitrogens with zero attached hydrogens (tertiary/aromatic N) is 2. The van der Waals surface area contributed by atoms with Gasteiger partial charge in [0.05, 0.1) is 0 Å². The van der Waals surface area contributed by atoms with Gasteiger partial charge in [-0.05, 0) is 61.9 Å². The second-order valence-corrected chi connectivity index (χ2v) is 8.88. The largest absolute Gasteiger partial charge is 0.322 e. The van der Waals surface area contributed by atoms with Crippen LogP contribution in [0, 0.1) is 5.92 Å². The number of amides is 3. The Bertz CT molecular complexity index is 854. The number of hydrogen-bond donors (Lipinski definition) is 2. The highest BCUT2D eigenvalue weighted by atomic mass is 16.2. The molecule has 7 heteroatoms. The Kier molecular flexibility index (Phi) is 4.87. The molecule has 4 aliphatic heterocycles. The molecule has 154 valence electrons. The molecule has 3 atom stereocenters. The summed E-state index contributed by atoms with van der Waals surface area (Å²) < 4.78 is 0. The summed E-state index contributed by atoms with van der Waals surface area (Å²) in [4.78, 5) is 40.6. The lowest BCUT2D eigenvalue weighted by atomic mass is 9.85. The van der Waals surface area contributed by atoms with Gasteiger partial charge in [-0.3, -0.25) is 24.6 Å². The summed E-state index contributed by atoms with van der Waals surface area (Å²) in [5.74, 6) is 0.0351. The number of rotatable bonds is 3. The van der Waals surface area contributed by atoms with Crippen LogP contribution in [0.15, 0.2) is 18.2 Å². The minimum Gasteiger partial charge on any atom is -0.322 e. The summed E-state index contributed by atoms with van der Waals surface area (Å²) in [5, 5.41) is 6.02. The van der Waals surface area contributed by atoms with Crippen molar-refractivity contribution < 1.29 is 14.4 Å². The molecule has 3 fully saturated rings. The van der Waals surface area contributed by atoms with E-state index in [-0.39, 0.29) is 24.1 Å². The molecular formula is C22H28N4O3. The summed E-state index contributed by atoms with van der Waals surface area (Å²) in [6, 6.07) is 6.22. The van der Waals surface area contributed by atoms with Crippen LogP contribution >= 0.6 is 0 Å². The molecule has 0 radical (unpaired) electrons. The maximum Gasteiger partial charge on any atom is 0.255 e. The van der Waals surface area contributed by atoms with E-state index in [1.165, 1.54) is 24.8 Å². The Hall–Kier alpha value is -2.25. The third-order valence-corrected chi connectivity index (χ3v) is 6.97. The Labute approximate surface area is 170 Å². The van der Waals surface area contributed by atoms with Crippen LogP contribution in [0.2, 0.25) is 0 Å². The first-order valence-corrected chi connectivity index (χ1v) is 10.8. The van der Waals surface area contributed by atoms with Crippen molar-refractivity contribution in [1.82, 2.24) is 20.4 Å². The molecule has 1 aromatic carbocycles. The van der Waals surface area contributed by atoms with E-state index in [0.29, 0.717) is 24.6 Å². The standard InChI is InChI=1S/C22H28N4O3/c27-20-6-5-19(21(28)24-20)26-13-16-10-14(3-4-17(16)22(26)29)11-25-9-7-18-15(12-25)2-1-8-23-18/h3-4,10,15,18-19,23H,1-2,5-9,11-13H2,(H,24,27,28)/t15-,18+,19?/m1/s1. The van der Waals surface area contributed by atoms with Crippen LogP contribution in [0.3, 0.4) is 0 Å². The predicted octanol–water partition coefficient (Wildman–Crippen LogP) is 1.02. The molecule has 2 N–H and O–H groups in total. The lowest BCUT2D eigenvalue weighted by Crippen LogP contribution is -2.52. The number of carbonyl (C=O) groups excluding carboxylic acids is 3. The number of likely N-dealkylation sites (tertiary alicyclic amines) is 1. The first-order chi connectivity index (χ1) is 14.1. The second-order valence-electron chi connectivity index (χ2n) is 8.88. The smallest absolute Gasteiger partial charge is 0.255 e. The van der Waals surface area contributed by atoms with Crippen molar-refractivity contribution in [3.63, 3.8) is 0 Å². The molecule has 4 aliphatic rings. The molecular weight excluding hydrogens is 368 g/mol. The first kappa shape index (κ1) is 18.8. The van der Waals surface area contributed by atoms with Gasteiger partial charge >= 0.3 is 0 Å². The van der Waals surface area contributed by atoms with Gasteiger partial charge in [-0.15, -0.1) is 0 Å². The SMILES string of the molecule is O=C1CCC(N2Cc3cc(CN4CC[C@@H]5NCCC[C@@H]5C4)ccc3C2=O)C(=O)N1. The summed E-state index contributed by atoms with van der Waals surface area (Å²) in [7, 11) is 0. The first-order valence-electron chi connectivity index (χ1n) is 10.8. The minimum absolute atomic E-state index is 0.102. The molecule has 1 aromatic rings. The zero-order chi connectivity index (χ0) is 20.0. The average Bonchev–Trinajstić information content (AvgIpc) is 3.04. The van der Waals surface area contributed by atoms with E-state index in [1.54, 1.807) is 4.90 Å². The van der Waals surface area contributed by atoms with E-state index in [2.05, 4.69) is 27.7 Å². The van der Waals surface area contributed by atoms with Crippen molar-refractivity contribution >= 4 is 17.7 Å². The van der Waals surface area contributed by atoms with Crippen molar-refractivity contribution in [3.8, 4) is 0 Å². The van der Waals surface area contributed by atoms with Crippen molar-refractivity contribution in [3.05, 3.63) is 34.9 Å². The van der Waals surface area contributed by atoms with E-state index in [9.17, 15) is 14.4 Å². The van der Waals surface area contributed by atoms with Crippen molar-refractivity contribution in [2.24, 2.45) is 5.92 Å². The average molecular weight is 396 g/mol. The second kappa shape index (κ2) is 7.54. The summed E-state index contributed by atoms with van der Waals surface area (Å²) in [6.45, 7) is 4.75. The highest BCUT2D eigenvalue weighted by Crippen LogP contribution is 2.30. The maximum absolute atomic E-state index is 12.8. The van der Waals surface area contributed by atoms with Crippen LogP contribution in [-0.4, -0.2) is 59.2 Å². The lowest BCUT2D eigenvalue weighted by molar-refractivity contribution is -0.136. The number of piperidine rings is 3. The van der Waals surface area contributed by atoms with Crippen LogP contribution in [0.1, 0.15) is 53.6 Å². The molecule has 0 saturated carbocycles. The van der Waals surface area contributed by atoms with E-state index in [4.69, 9.17) is 0 Å². The van der Waals surface area contributed by atoms with Crippen molar-refractivity contribution in [1.29, 1.82) is 0 Å². The molecule has 29 heavy (non-hydrogen) atoms. The number of imide groups is 1. The zero-order valence-corrected chi connectivity index (χ0v) is 16.7. The van der Waals surface area contributed by atoms with Gasteiger partial charge in [-0.2, -0.15) is 0 Å². The van der Waals surface area contributed by atoms with Gasteiger partial charge < -0.3 is 10.2 Å². The molecule has 0 bridgehead atoms. The Balaban J connectivity index is 1.26. The van der Waals surface area contributed by atoms with Crippen LogP contribution in [-0.2, 0) is 22.7 Å². The molecule has 0 spiro atoms. The van der Waals surface area contributed by atoms with Gasteiger partial charge in [0.2, 0.25) is 11.8 Å². The van der Waals surface area contributed by atoms with Gasteiger partial charge in [-0.25, -0.2) is 0 Å². The number of benzene rings is 1. The van der Waals surface area contributed by atoms with Crippen molar-refractivity contribution in [2.45, 2.75) is 57.3 Å². The fourth-order valence-corrected chi connectivity index (χ4v) is 5.45. The highest BCUT2D eigenvalue weighted by Gasteiger charge is 2.39. The topological polar surface area (TPSA) is 81.8 Å². The van der Waals surface area contributed by atoms with Gasteiger partial charge in [0.15, 0.2) is 0 Å². The molecule has 1 unspecified atom stereocenters. The van der Waals surface area contributed by atoms with Gasteiger partial charge in [0.25, 0.3) is 5.91 Å². The van der Waals surface area contributed by atoms with E-state index in [0.717, 1.165) is 37.7 Å². The molecule has 5 rings (SSSR count). The fraction of sp³-hybridized carbons (Fsp3) is 0.591. The monoisotopic (exact) mass is 396 g/mol. The van der Waals surface area contributed by atoms with Crippen LogP contribution in [0.5, 0.6) is 0 Å². The normalized spacial score (nSPS) is 30.1. The zero-order valence-electron chi connectivity index (χ0n) is 16.7.